The smallest absolute Gasteiger partial charge is 0.198 e. The molecule has 86 valence electrons. The number of hydrogen-bond acceptors (Lipinski definition) is 6. The van der Waals surface area contributed by atoms with E-state index in [4.69, 9.17) is 0 Å². The number of imidazole rings is 1. The summed E-state index contributed by atoms with van der Waals surface area (Å²) in [5.74, 6) is 0.788. The zero-order valence-corrected chi connectivity index (χ0v) is 10.3. The van der Waals surface area contributed by atoms with E-state index in [0.717, 1.165) is 28.7 Å². The summed E-state index contributed by atoms with van der Waals surface area (Å²) in [5.41, 5.74) is 4.02. The first-order valence-electron chi connectivity index (χ1n) is 5.26. The lowest BCUT2D eigenvalue weighted by Gasteiger charge is -2.01. The van der Waals surface area contributed by atoms with Gasteiger partial charge in [0.05, 0.1) is 11.9 Å². The van der Waals surface area contributed by atoms with E-state index in [1.807, 2.05) is 18.4 Å². The third-order valence-corrected chi connectivity index (χ3v) is 3.13. The van der Waals surface area contributed by atoms with Crippen LogP contribution in [0, 0.1) is 6.92 Å². The van der Waals surface area contributed by atoms with Gasteiger partial charge in [0.1, 0.15) is 5.51 Å². The van der Waals surface area contributed by atoms with E-state index in [-0.39, 0.29) is 0 Å². The van der Waals surface area contributed by atoms with E-state index in [0.29, 0.717) is 5.65 Å². The Bertz CT molecular complexity index is 657. The second kappa shape index (κ2) is 3.85. The molecule has 0 aliphatic carbocycles. The molecule has 17 heavy (non-hydrogen) atoms. The van der Waals surface area contributed by atoms with E-state index in [1.165, 1.54) is 11.3 Å². The van der Waals surface area contributed by atoms with Gasteiger partial charge in [0.25, 0.3) is 0 Å². The van der Waals surface area contributed by atoms with E-state index in [9.17, 15) is 0 Å². The molecule has 0 bridgehead atoms. The zero-order chi connectivity index (χ0) is 11.8. The van der Waals surface area contributed by atoms with Gasteiger partial charge in [-0.25, -0.2) is 15.0 Å². The molecule has 0 aliphatic rings. The highest BCUT2D eigenvalue weighted by Crippen LogP contribution is 2.23. The van der Waals surface area contributed by atoms with E-state index < -0.39 is 0 Å². The number of hydrogen-bond donors (Lipinski definition) is 0. The van der Waals surface area contributed by atoms with Gasteiger partial charge in [-0.05, 0) is 13.8 Å². The number of fused-ring (bicyclic) bond motifs is 1. The fraction of sp³-hybridized carbons (Fsp3) is 0.300. The Labute approximate surface area is 101 Å². The first kappa shape index (κ1) is 10.3. The standard InChI is InChI=1S/C10H10N6S/c1-3-16-8-7(13-6(2)4-11-8)14-9(16)10-15-12-5-17-10/h4-5H,3H2,1-2H3. The SMILES string of the molecule is CCn1c(-c2nncs2)nc2nc(C)cnc21. The van der Waals surface area contributed by atoms with Crippen molar-refractivity contribution in [2.45, 2.75) is 20.4 Å². The van der Waals surface area contributed by atoms with E-state index >= 15 is 0 Å². The summed E-state index contributed by atoms with van der Waals surface area (Å²) in [5, 5.41) is 8.67. The van der Waals surface area contributed by atoms with Crippen LogP contribution in [-0.4, -0.2) is 29.7 Å². The molecule has 0 aromatic carbocycles. The molecular formula is C10H10N6S. The van der Waals surface area contributed by atoms with Gasteiger partial charge < -0.3 is 4.57 Å². The quantitative estimate of drug-likeness (QED) is 0.688. The van der Waals surface area contributed by atoms with Crippen LogP contribution in [0.3, 0.4) is 0 Å². The summed E-state index contributed by atoms with van der Waals surface area (Å²) in [7, 11) is 0. The molecule has 0 unspecified atom stereocenters. The van der Waals surface area contributed by atoms with Crippen molar-refractivity contribution in [1.82, 2.24) is 29.7 Å². The summed E-state index contributed by atoms with van der Waals surface area (Å²) < 4.78 is 2.00. The minimum atomic E-state index is 0.664. The van der Waals surface area contributed by atoms with Crippen LogP contribution in [0.4, 0.5) is 0 Å². The zero-order valence-electron chi connectivity index (χ0n) is 9.45. The van der Waals surface area contributed by atoms with Gasteiger partial charge in [-0.3, -0.25) is 0 Å². The molecule has 0 atom stereocenters. The largest absolute Gasteiger partial charge is 0.305 e. The van der Waals surface area contributed by atoms with Gasteiger partial charge in [-0.15, -0.1) is 10.2 Å². The van der Waals surface area contributed by atoms with Crippen molar-refractivity contribution >= 4 is 22.6 Å². The third-order valence-electron chi connectivity index (χ3n) is 2.45. The van der Waals surface area contributed by atoms with Crippen molar-refractivity contribution in [3.63, 3.8) is 0 Å². The molecule has 3 heterocycles. The minimum absolute atomic E-state index is 0.664. The first-order valence-corrected chi connectivity index (χ1v) is 6.14. The molecule has 3 aromatic rings. The van der Waals surface area contributed by atoms with Crippen LogP contribution in [0.5, 0.6) is 0 Å². The molecule has 0 saturated heterocycles. The number of aryl methyl sites for hydroxylation is 2. The second-order valence-corrected chi connectivity index (χ2v) is 4.42. The molecular weight excluding hydrogens is 236 g/mol. The summed E-state index contributed by atoms with van der Waals surface area (Å²) in [6, 6.07) is 0. The van der Waals surface area contributed by atoms with Gasteiger partial charge in [-0.2, -0.15) is 0 Å². The van der Waals surface area contributed by atoms with E-state index in [1.54, 1.807) is 11.7 Å². The van der Waals surface area contributed by atoms with Gasteiger partial charge >= 0.3 is 0 Å². The first-order chi connectivity index (χ1) is 8.29. The maximum absolute atomic E-state index is 4.48. The van der Waals surface area contributed by atoms with Gasteiger partial charge in [0, 0.05) is 6.54 Å². The highest BCUT2D eigenvalue weighted by atomic mass is 32.1. The lowest BCUT2D eigenvalue weighted by atomic mass is 10.5. The Balaban J connectivity index is 2.31. The van der Waals surface area contributed by atoms with Crippen molar-refractivity contribution in [3.05, 3.63) is 17.4 Å². The molecule has 0 spiro atoms. The number of rotatable bonds is 2. The number of aromatic nitrogens is 6. The van der Waals surface area contributed by atoms with Crippen LogP contribution in [0.15, 0.2) is 11.7 Å². The van der Waals surface area contributed by atoms with Crippen molar-refractivity contribution in [1.29, 1.82) is 0 Å². The maximum atomic E-state index is 4.48. The molecule has 0 radical (unpaired) electrons. The summed E-state index contributed by atoms with van der Waals surface area (Å²) in [6.45, 7) is 4.73. The van der Waals surface area contributed by atoms with E-state index in [2.05, 4.69) is 25.1 Å². The third kappa shape index (κ3) is 1.59. The normalized spacial score (nSPS) is 11.2. The topological polar surface area (TPSA) is 69.4 Å². The van der Waals surface area contributed by atoms with Crippen LogP contribution in [0.1, 0.15) is 12.6 Å². The Morgan fingerprint density at radius 2 is 2.24 bits per heavy atom. The Morgan fingerprint density at radius 1 is 1.35 bits per heavy atom. The van der Waals surface area contributed by atoms with Crippen molar-refractivity contribution in [2.24, 2.45) is 0 Å². The molecule has 7 heteroatoms. The number of nitrogens with zero attached hydrogens (tertiary/aromatic N) is 6. The summed E-state index contributed by atoms with van der Waals surface area (Å²) >= 11 is 1.46. The minimum Gasteiger partial charge on any atom is -0.305 e. The van der Waals surface area contributed by atoms with Gasteiger partial charge in [0.2, 0.25) is 0 Å². The summed E-state index contributed by atoms with van der Waals surface area (Å²) in [4.78, 5) is 13.2. The molecule has 0 amide bonds. The van der Waals surface area contributed by atoms with Crippen molar-refractivity contribution in [3.8, 4) is 10.8 Å². The molecule has 0 fully saturated rings. The lowest BCUT2D eigenvalue weighted by molar-refractivity contribution is 0.784. The predicted molar refractivity (Wildman–Crippen MR) is 64.6 cm³/mol. The fourth-order valence-electron chi connectivity index (χ4n) is 1.72. The fourth-order valence-corrected chi connectivity index (χ4v) is 2.27. The van der Waals surface area contributed by atoms with Crippen LogP contribution < -0.4 is 0 Å². The molecule has 3 rings (SSSR count). The lowest BCUT2D eigenvalue weighted by Crippen LogP contribution is -1.98. The van der Waals surface area contributed by atoms with Gasteiger partial charge in [0.15, 0.2) is 22.1 Å². The Morgan fingerprint density at radius 3 is 2.94 bits per heavy atom. The average molecular weight is 246 g/mol. The van der Waals surface area contributed by atoms with Crippen LogP contribution in [0.2, 0.25) is 0 Å². The Kier molecular flexibility index (Phi) is 2.32. The monoisotopic (exact) mass is 246 g/mol. The van der Waals surface area contributed by atoms with Crippen LogP contribution in [-0.2, 0) is 6.54 Å². The molecule has 0 aliphatic heterocycles. The highest BCUT2D eigenvalue weighted by molar-refractivity contribution is 7.12. The highest BCUT2D eigenvalue weighted by Gasteiger charge is 2.15. The van der Waals surface area contributed by atoms with Crippen molar-refractivity contribution < 1.29 is 0 Å². The van der Waals surface area contributed by atoms with Crippen LogP contribution >= 0.6 is 11.3 Å². The van der Waals surface area contributed by atoms with Crippen LogP contribution in [0.25, 0.3) is 22.1 Å². The molecule has 0 saturated carbocycles. The summed E-state index contributed by atoms with van der Waals surface area (Å²) in [6.07, 6.45) is 1.75. The molecule has 6 nitrogen and oxygen atoms in total. The Hall–Kier alpha value is -1.89. The second-order valence-electron chi connectivity index (χ2n) is 3.58. The maximum Gasteiger partial charge on any atom is 0.198 e. The van der Waals surface area contributed by atoms with Gasteiger partial charge in [-0.1, -0.05) is 11.3 Å². The molecule has 3 aromatic heterocycles. The van der Waals surface area contributed by atoms with Crippen molar-refractivity contribution in [2.75, 3.05) is 0 Å². The average Bonchev–Trinajstić information content (AvgIpc) is 2.94. The molecule has 0 N–H and O–H groups in total. The predicted octanol–water partition coefficient (Wildman–Crippen LogP) is 1.67.